The van der Waals surface area contributed by atoms with Crippen LogP contribution >= 0.6 is 0 Å². The summed E-state index contributed by atoms with van der Waals surface area (Å²) < 4.78 is 10.6. The molecule has 6 nitrogen and oxygen atoms in total. The van der Waals surface area contributed by atoms with Crippen LogP contribution < -0.4 is 15.4 Å². The van der Waals surface area contributed by atoms with Gasteiger partial charge in [0.15, 0.2) is 6.61 Å². The van der Waals surface area contributed by atoms with Crippen LogP contribution in [0, 0.1) is 26.7 Å². The molecule has 1 aromatic rings. The average Bonchev–Trinajstić information content (AvgIpc) is 2.53. The van der Waals surface area contributed by atoms with E-state index < -0.39 is 6.09 Å². The number of hydrogen-bond acceptors (Lipinski definition) is 4. The van der Waals surface area contributed by atoms with Crippen LogP contribution in [0.25, 0.3) is 0 Å². The van der Waals surface area contributed by atoms with E-state index >= 15 is 0 Å². The van der Waals surface area contributed by atoms with Crippen LogP contribution in [0.5, 0.6) is 5.75 Å². The second kappa shape index (κ2) is 9.80. The van der Waals surface area contributed by atoms with E-state index in [-0.39, 0.29) is 12.5 Å². The maximum absolute atomic E-state index is 11.8. The normalized spacial score (nSPS) is 10.4. The van der Waals surface area contributed by atoms with E-state index in [0.717, 1.165) is 22.4 Å². The molecule has 0 spiro atoms. The first-order valence-electron chi connectivity index (χ1n) is 8.18. The number of alkyl carbamates (subject to hydrolysis) is 1. The molecule has 0 aliphatic rings. The number of carbonyl (C=O) groups is 2. The van der Waals surface area contributed by atoms with E-state index in [4.69, 9.17) is 9.47 Å². The lowest BCUT2D eigenvalue weighted by molar-refractivity contribution is -0.123. The molecule has 0 heterocycles. The van der Waals surface area contributed by atoms with E-state index in [1.165, 1.54) is 0 Å². The topological polar surface area (TPSA) is 76.7 Å². The Morgan fingerprint density at radius 2 is 1.67 bits per heavy atom. The van der Waals surface area contributed by atoms with Gasteiger partial charge in [-0.3, -0.25) is 4.79 Å². The van der Waals surface area contributed by atoms with Crippen LogP contribution in [-0.4, -0.2) is 38.3 Å². The molecule has 0 fully saturated rings. The van der Waals surface area contributed by atoms with Crippen molar-refractivity contribution in [2.75, 3.05) is 26.3 Å². The summed E-state index contributed by atoms with van der Waals surface area (Å²) in [5.41, 5.74) is 3.16. The van der Waals surface area contributed by atoms with Gasteiger partial charge in [0, 0.05) is 13.1 Å². The highest BCUT2D eigenvalue weighted by atomic mass is 16.5. The van der Waals surface area contributed by atoms with Gasteiger partial charge in [-0.15, -0.1) is 0 Å². The van der Waals surface area contributed by atoms with Crippen molar-refractivity contribution in [2.24, 2.45) is 5.92 Å². The fourth-order valence-electron chi connectivity index (χ4n) is 2.00. The highest BCUT2D eigenvalue weighted by molar-refractivity contribution is 5.77. The zero-order chi connectivity index (χ0) is 18.1. The largest absolute Gasteiger partial charge is 0.483 e. The number of carbonyl (C=O) groups excluding carboxylic acids is 2. The van der Waals surface area contributed by atoms with E-state index in [9.17, 15) is 9.59 Å². The number of amides is 2. The summed E-state index contributed by atoms with van der Waals surface area (Å²) in [6, 6.07) is 4.00. The van der Waals surface area contributed by atoms with Gasteiger partial charge < -0.3 is 20.1 Å². The molecule has 0 saturated carbocycles. The molecule has 0 radical (unpaired) electrons. The first-order chi connectivity index (χ1) is 11.3. The maximum Gasteiger partial charge on any atom is 0.407 e. The van der Waals surface area contributed by atoms with Crippen LogP contribution in [0.2, 0.25) is 0 Å². The monoisotopic (exact) mass is 336 g/mol. The predicted octanol–water partition coefficient (Wildman–Crippen LogP) is 2.49. The molecular formula is C18H28N2O4. The van der Waals surface area contributed by atoms with Crippen molar-refractivity contribution in [1.29, 1.82) is 0 Å². The van der Waals surface area contributed by atoms with Gasteiger partial charge in [0.05, 0.1) is 6.61 Å². The quantitative estimate of drug-likeness (QED) is 0.715. The van der Waals surface area contributed by atoms with Crippen molar-refractivity contribution in [2.45, 2.75) is 34.6 Å². The standard InChI is InChI=1S/C18H28N2O4/c1-12(2)10-24-18(22)20-9-8-19-16(21)11-23-17-14(4)7-6-13(3)15(17)5/h6-7,12H,8-11H2,1-5H3,(H,19,21)(H,20,22). The van der Waals surface area contributed by atoms with Gasteiger partial charge in [0.2, 0.25) is 0 Å². The zero-order valence-corrected chi connectivity index (χ0v) is 15.2. The molecular weight excluding hydrogens is 308 g/mol. The van der Waals surface area contributed by atoms with Crippen LogP contribution in [0.1, 0.15) is 30.5 Å². The number of rotatable bonds is 8. The summed E-state index contributed by atoms with van der Waals surface area (Å²) >= 11 is 0. The van der Waals surface area contributed by atoms with Crippen LogP contribution in [0.3, 0.4) is 0 Å². The summed E-state index contributed by atoms with van der Waals surface area (Å²) in [6.45, 7) is 10.8. The molecule has 0 aliphatic carbocycles. The van der Waals surface area contributed by atoms with Crippen molar-refractivity contribution < 1.29 is 19.1 Å². The van der Waals surface area contributed by atoms with Crippen LogP contribution in [0.15, 0.2) is 12.1 Å². The zero-order valence-electron chi connectivity index (χ0n) is 15.2. The fourth-order valence-corrected chi connectivity index (χ4v) is 2.00. The Kier molecular flexibility index (Phi) is 8.09. The summed E-state index contributed by atoms with van der Waals surface area (Å²) in [4.78, 5) is 23.1. The molecule has 0 aliphatic heterocycles. The van der Waals surface area contributed by atoms with Gasteiger partial charge in [0.25, 0.3) is 5.91 Å². The van der Waals surface area contributed by atoms with Crippen molar-refractivity contribution in [3.63, 3.8) is 0 Å². The van der Waals surface area contributed by atoms with E-state index in [2.05, 4.69) is 10.6 Å². The second-order valence-electron chi connectivity index (χ2n) is 6.21. The van der Waals surface area contributed by atoms with Crippen molar-refractivity contribution in [3.8, 4) is 5.75 Å². The van der Waals surface area contributed by atoms with Crippen molar-refractivity contribution >= 4 is 12.0 Å². The van der Waals surface area contributed by atoms with Crippen molar-refractivity contribution in [1.82, 2.24) is 10.6 Å². The van der Waals surface area contributed by atoms with Crippen LogP contribution in [-0.2, 0) is 9.53 Å². The molecule has 1 aromatic carbocycles. The summed E-state index contributed by atoms with van der Waals surface area (Å²) in [5.74, 6) is 0.814. The Morgan fingerprint density at radius 1 is 1.04 bits per heavy atom. The highest BCUT2D eigenvalue weighted by Gasteiger charge is 2.09. The van der Waals surface area contributed by atoms with E-state index in [0.29, 0.717) is 25.6 Å². The number of hydrogen-bond donors (Lipinski definition) is 2. The Morgan fingerprint density at radius 3 is 2.33 bits per heavy atom. The lowest BCUT2D eigenvalue weighted by Crippen LogP contribution is -2.37. The lowest BCUT2D eigenvalue weighted by atomic mass is 10.1. The Labute approximate surface area is 143 Å². The number of benzene rings is 1. The predicted molar refractivity (Wildman–Crippen MR) is 93.3 cm³/mol. The highest BCUT2D eigenvalue weighted by Crippen LogP contribution is 2.25. The summed E-state index contributed by atoms with van der Waals surface area (Å²) in [5, 5.41) is 5.27. The minimum absolute atomic E-state index is 0.0526. The molecule has 24 heavy (non-hydrogen) atoms. The van der Waals surface area contributed by atoms with Gasteiger partial charge in [0.1, 0.15) is 5.75 Å². The maximum atomic E-state index is 11.8. The van der Waals surface area contributed by atoms with Gasteiger partial charge in [-0.2, -0.15) is 0 Å². The van der Waals surface area contributed by atoms with Crippen molar-refractivity contribution in [3.05, 3.63) is 28.8 Å². The molecule has 2 N–H and O–H groups in total. The smallest absolute Gasteiger partial charge is 0.407 e. The second-order valence-corrected chi connectivity index (χ2v) is 6.21. The number of ether oxygens (including phenoxy) is 2. The van der Waals surface area contributed by atoms with Gasteiger partial charge in [-0.1, -0.05) is 26.0 Å². The SMILES string of the molecule is Cc1ccc(C)c(OCC(=O)NCCNC(=O)OCC(C)C)c1C. The molecule has 6 heteroatoms. The molecule has 134 valence electrons. The van der Waals surface area contributed by atoms with E-state index in [1.54, 1.807) is 0 Å². The van der Waals surface area contributed by atoms with Gasteiger partial charge in [-0.25, -0.2) is 4.79 Å². The van der Waals surface area contributed by atoms with Gasteiger partial charge in [-0.05, 0) is 43.4 Å². The fraction of sp³-hybridized carbons (Fsp3) is 0.556. The van der Waals surface area contributed by atoms with Crippen LogP contribution in [0.4, 0.5) is 4.79 Å². The third-order valence-corrected chi connectivity index (χ3v) is 3.49. The third-order valence-electron chi connectivity index (χ3n) is 3.49. The Bertz CT molecular complexity index is 570. The summed E-state index contributed by atoms with van der Waals surface area (Å²) in [6.07, 6.45) is -0.472. The number of aryl methyl sites for hydroxylation is 2. The first-order valence-corrected chi connectivity index (χ1v) is 8.18. The number of nitrogens with one attached hydrogen (secondary N) is 2. The molecule has 0 bridgehead atoms. The average molecular weight is 336 g/mol. The summed E-state index contributed by atoms with van der Waals surface area (Å²) in [7, 11) is 0. The lowest BCUT2D eigenvalue weighted by Gasteiger charge is -2.14. The Hall–Kier alpha value is -2.24. The third kappa shape index (κ3) is 6.89. The molecule has 2 amide bonds. The minimum Gasteiger partial charge on any atom is -0.483 e. The molecule has 1 rings (SSSR count). The van der Waals surface area contributed by atoms with E-state index in [1.807, 2.05) is 46.8 Å². The molecule has 0 saturated heterocycles. The molecule has 0 atom stereocenters. The molecule has 0 aromatic heterocycles. The van der Waals surface area contributed by atoms with Gasteiger partial charge >= 0.3 is 6.09 Å². The minimum atomic E-state index is -0.472. The molecule has 0 unspecified atom stereocenters. The Balaban J connectivity index is 2.26. The first kappa shape index (κ1) is 19.8.